The lowest BCUT2D eigenvalue weighted by Crippen LogP contribution is -2.12. The van der Waals surface area contributed by atoms with Gasteiger partial charge in [0.25, 0.3) is 0 Å². The second-order valence-electron chi connectivity index (χ2n) is 7.36. The molecule has 1 fully saturated rings. The van der Waals surface area contributed by atoms with E-state index in [1.807, 2.05) is 24.3 Å². The second kappa shape index (κ2) is 8.62. The molecule has 4 nitrogen and oxygen atoms in total. The van der Waals surface area contributed by atoms with E-state index in [1.54, 1.807) is 11.8 Å². The third kappa shape index (κ3) is 3.83. The summed E-state index contributed by atoms with van der Waals surface area (Å²) in [4.78, 5) is 0. The van der Waals surface area contributed by atoms with E-state index >= 15 is 0 Å². The van der Waals surface area contributed by atoms with Gasteiger partial charge < -0.3 is 0 Å². The van der Waals surface area contributed by atoms with E-state index in [0.717, 1.165) is 27.8 Å². The van der Waals surface area contributed by atoms with E-state index in [0.29, 0.717) is 11.7 Å². The molecule has 3 aromatic rings. The fraction of sp³-hybridized carbons (Fsp3) is 0.348. The zero-order valence-corrected chi connectivity index (χ0v) is 17.0. The monoisotopic (exact) mass is 388 g/mol. The van der Waals surface area contributed by atoms with Crippen molar-refractivity contribution in [2.45, 2.75) is 55.9 Å². The Kier molecular flexibility index (Phi) is 5.78. The fourth-order valence-corrected chi connectivity index (χ4v) is 4.89. The minimum Gasteiger partial charge on any atom is -0.274 e. The summed E-state index contributed by atoms with van der Waals surface area (Å²) in [5.41, 5.74) is 4.14. The summed E-state index contributed by atoms with van der Waals surface area (Å²) in [5, 5.41) is 19.5. The highest BCUT2D eigenvalue weighted by atomic mass is 32.2. The Morgan fingerprint density at radius 3 is 2.57 bits per heavy atom. The summed E-state index contributed by atoms with van der Waals surface area (Å²) in [5.74, 6) is 2.27. The van der Waals surface area contributed by atoms with Crippen LogP contribution in [0.5, 0.6) is 0 Å². The predicted octanol–water partition coefficient (Wildman–Crippen LogP) is 5.79. The average Bonchev–Trinajstić information content (AvgIpc) is 3.17. The van der Waals surface area contributed by atoms with Gasteiger partial charge >= 0.3 is 0 Å². The minimum absolute atomic E-state index is 0.474. The van der Waals surface area contributed by atoms with Crippen molar-refractivity contribution in [3.8, 4) is 11.8 Å². The molecule has 1 aliphatic carbocycles. The molecule has 1 saturated carbocycles. The Balaban J connectivity index is 1.70. The highest BCUT2D eigenvalue weighted by Crippen LogP contribution is 2.36. The molecule has 0 unspecified atom stereocenters. The van der Waals surface area contributed by atoms with Crippen LogP contribution >= 0.6 is 11.8 Å². The Morgan fingerprint density at radius 1 is 1.04 bits per heavy atom. The first-order valence-electron chi connectivity index (χ1n) is 9.90. The summed E-state index contributed by atoms with van der Waals surface area (Å²) < 4.78 is 2.25. The lowest BCUT2D eigenvalue weighted by atomic mass is 9.88. The zero-order chi connectivity index (χ0) is 19.3. The molecule has 0 aliphatic heterocycles. The molecule has 28 heavy (non-hydrogen) atoms. The van der Waals surface area contributed by atoms with Crippen molar-refractivity contribution in [1.82, 2.24) is 14.8 Å². The number of nitriles is 1. The van der Waals surface area contributed by atoms with Crippen molar-refractivity contribution in [2.75, 3.05) is 0 Å². The Morgan fingerprint density at radius 2 is 1.79 bits per heavy atom. The maximum absolute atomic E-state index is 9.37. The number of hydrogen-bond acceptors (Lipinski definition) is 4. The van der Waals surface area contributed by atoms with E-state index in [2.05, 4.69) is 52.0 Å². The number of rotatable bonds is 5. The van der Waals surface area contributed by atoms with E-state index in [1.165, 1.54) is 37.7 Å². The molecular formula is C23H24N4S. The van der Waals surface area contributed by atoms with Gasteiger partial charge in [0, 0.05) is 11.7 Å². The highest BCUT2D eigenvalue weighted by molar-refractivity contribution is 7.98. The quantitative estimate of drug-likeness (QED) is 0.519. The average molecular weight is 389 g/mol. The van der Waals surface area contributed by atoms with Crippen LogP contribution < -0.4 is 0 Å². The van der Waals surface area contributed by atoms with Gasteiger partial charge in [0.05, 0.1) is 17.3 Å². The van der Waals surface area contributed by atoms with Crippen LogP contribution in [-0.4, -0.2) is 14.8 Å². The molecule has 0 spiro atoms. The smallest absolute Gasteiger partial charge is 0.196 e. The first-order valence-corrected chi connectivity index (χ1v) is 10.9. The number of para-hydroxylation sites is 1. The number of benzene rings is 2. The maximum atomic E-state index is 9.37. The van der Waals surface area contributed by atoms with Gasteiger partial charge in [-0.15, -0.1) is 10.2 Å². The van der Waals surface area contributed by atoms with Crippen LogP contribution in [0, 0.1) is 18.3 Å². The molecule has 5 heteroatoms. The zero-order valence-electron chi connectivity index (χ0n) is 16.1. The van der Waals surface area contributed by atoms with Crippen LogP contribution in [0.2, 0.25) is 0 Å². The van der Waals surface area contributed by atoms with Crippen LogP contribution in [0.25, 0.3) is 5.69 Å². The number of hydrogen-bond donors (Lipinski definition) is 0. The third-order valence-electron chi connectivity index (χ3n) is 5.48. The summed E-state index contributed by atoms with van der Waals surface area (Å²) in [6.45, 7) is 2.14. The number of nitrogens with zero attached hydrogens (tertiary/aromatic N) is 4. The molecule has 0 N–H and O–H groups in total. The first kappa shape index (κ1) is 18.8. The van der Waals surface area contributed by atoms with E-state index in [-0.39, 0.29) is 0 Å². The predicted molar refractivity (Wildman–Crippen MR) is 113 cm³/mol. The minimum atomic E-state index is 0.474. The molecule has 1 aromatic heterocycles. The molecule has 0 bridgehead atoms. The number of thioether (sulfide) groups is 1. The van der Waals surface area contributed by atoms with Crippen molar-refractivity contribution >= 4 is 11.8 Å². The van der Waals surface area contributed by atoms with Gasteiger partial charge in [0.2, 0.25) is 0 Å². The largest absolute Gasteiger partial charge is 0.274 e. The summed E-state index contributed by atoms with van der Waals surface area (Å²) in [6, 6.07) is 18.5. The van der Waals surface area contributed by atoms with Gasteiger partial charge in [-0.2, -0.15) is 5.26 Å². The van der Waals surface area contributed by atoms with Crippen LogP contribution in [0.15, 0.2) is 53.7 Å². The van der Waals surface area contributed by atoms with Crippen LogP contribution in [0.1, 0.15) is 60.5 Å². The van der Waals surface area contributed by atoms with Crippen molar-refractivity contribution in [2.24, 2.45) is 0 Å². The van der Waals surface area contributed by atoms with E-state index < -0.39 is 0 Å². The second-order valence-corrected chi connectivity index (χ2v) is 8.30. The lowest BCUT2D eigenvalue weighted by Gasteiger charge is -2.22. The number of aromatic nitrogens is 3. The number of aryl methyl sites for hydroxylation is 1. The van der Waals surface area contributed by atoms with Crippen LogP contribution in [0.3, 0.4) is 0 Å². The molecule has 1 heterocycles. The fourth-order valence-electron chi connectivity index (χ4n) is 3.94. The van der Waals surface area contributed by atoms with Gasteiger partial charge in [-0.1, -0.05) is 67.4 Å². The highest BCUT2D eigenvalue weighted by Gasteiger charge is 2.25. The molecular weight excluding hydrogens is 364 g/mol. The standard InChI is InChI=1S/C23H24N4S/c1-17-9-5-8-14-21(17)27-22(18-10-3-2-4-11-18)25-26-23(27)28-16-20-13-7-6-12-19(20)15-24/h5-9,12-14,18H,2-4,10-11,16H2,1H3. The van der Waals surface area contributed by atoms with Gasteiger partial charge in [0.1, 0.15) is 5.82 Å². The molecule has 0 saturated heterocycles. The van der Waals surface area contributed by atoms with Gasteiger partial charge in [-0.25, -0.2) is 0 Å². The Hall–Kier alpha value is -2.58. The van der Waals surface area contributed by atoms with E-state index in [4.69, 9.17) is 0 Å². The lowest BCUT2D eigenvalue weighted by molar-refractivity contribution is 0.423. The van der Waals surface area contributed by atoms with E-state index in [9.17, 15) is 5.26 Å². The van der Waals surface area contributed by atoms with Crippen molar-refractivity contribution in [1.29, 1.82) is 5.26 Å². The normalized spacial score (nSPS) is 14.7. The van der Waals surface area contributed by atoms with Crippen LogP contribution in [-0.2, 0) is 5.75 Å². The Labute approximate surface area is 170 Å². The first-order chi connectivity index (χ1) is 13.8. The molecule has 4 rings (SSSR count). The van der Waals surface area contributed by atoms with Gasteiger partial charge in [-0.05, 0) is 43.0 Å². The molecule has 0 atom stereocenters. The topological polar surface area (TPSA) is 54.5 Å². The molecule has 2 aromatic carbocycles. The summed E-state index contributed by atoms with van der Waals surface area (Å²) in [7, 11) is 0. The van der Waals surface area contributed by atoms with Crippen molar-refractivity contribution in [3.63, 3.8) is 0 Å². The van der Waals surface area contributed by atoms with Gasteiger partial charge in [-0.3, -0.25) is 4.57 Å². The van der Waals surface area contributed by atoms with Gasteiger partial charge in [0.15, 0.2) is 5.16 Å². The van der Waals surface area contributed by atoms with Crippen molar-refractivity contribution in [3.05, 3.63) is 71.0 Å². The molecule has 142 valence electrons. The Bertz CT molecular complexity index is 996. The third-order valence-corrected chi connectivity index (χ3v) is 6.46. The maximum Gasteiger partial charge on any atom is 0.196 e. The van der Waals surface area contributed by atoms with Crippen LogP contribution in [0.4, 0.5) is 0 Å². The SMILES string of the molecule is Cc1ccccc1-n1c(SCc2ccccc2C#N)nnc1C1CCCCC1. The summed E-state index contributed by atoms with van der Waals surface area (Å²) in [6.07, 6.45) is 6.23. The molecule has 1 aliphatic rings. The van der Waals surface area contributed by atoms with Crippen molar-refractivity contribution < 1.29 is 0 Å². The molecule has 0 radical (unpaired) electrons. The molecule has 0 amide bonds. The summed E-state index contributed by atoms with van der Waals surface area (Å²) >= 11 is 1.66.